The molecule has 1 aromatic rings. The summed E-state index contributed by atoms with van der Waals surface area (Å²) in [4.78, 5) is 2.25. The van der Waals surface area contributed by atoms with Crippen molar-refractivity contribution in [3.8, 4) is 11.5 Å². The zero-order valence-electron chi connectivity index (χ0n) is 11.2. The summed E-state index contributed by atoms with van der Waals surface area (Å²) >= 11 is 0. The van der Waals surface area contributed by atoms with Crippen LogP contribution in [0, 0.1) is 5.92 Å². The molecule has 0 aromatic heterocycles. The third-order valence-electron chi connectivity index (χ3n) is 3.69. The summed E-state index contributed by atoms with van der Waals surface area (Å²) in [5, 5.41) is 9.46. The van der Waals surface area contributed by atoms with Crippen LogP contribution in [0.1, 0.15) is 11.5 Å². The first-order chi connectivity index (χ1) is 8.69. The molecule has 1 aliphatic rings. The summed E-state index contributed by atoms with van der Waals surface area (Å²) in [5.41, 5.74) is 1.20. The molecule has 0 saturated carbocycles. The molecule has 1 saturated heterocycles. The number of nitrogens with zero attached hydrogens (tertiary/aromatic N) is 1. The van der Waals surface area contributed by atoms with E-state index in [9.17, 15) is 5.11 Å². The van der Waals surface area contributed by atoms with Gasteiger partial charge in [0.2, 0.25) is 0 Å². The second kappa shape index (κ2) is 5.59. The van der Waals surface area contributed by atoms with E-state index in [0.29, 0.717) is 11.8 Å². The smallest absolute Gasteiger partial charge is 0.160 e. The molecule has 1 aliphatic heterocycles. The standard InChI is InChI=1S/C14H21NO3/c1-15-7-11(9-16)12(8-15)10-4-5-13(17-2)14(6-10)18-3/h4-6,11-12,16H,7-9H2,1-3H3/t11-,12-/m0/s1. The van der Waals surface area contributed by atoms with E-state index in [-0.39, 0.29) is 6.61 Å². The van der Waals surface area contributed by atoms with Crippen molar-refractivity contribution in [1.82, 2.24) is 4.90 Å². The monoisotopic (exact) mass is 251 g/mol. The van der Waals surface area contributed by atoms with Crippen molar-refractivity contribution in [2.45, 2.75) is 5.92 Å². The maximum atomic E-state index is 9.46. The van der Waals surface area contributed by atoms with Crippen LogP contribution in [0.25, 0.3) is 0 Å². The first kappa shape index (κ1) is 13.2. The molecule has 0 radical (unpaired) electrons. The molecule has 18 heavy (non-hydrogen) atoms. The summed E-state index contributed by atoms with van der Waals surface area (Å²) in [6.45, 7) is 2.14. The van der Waals surface area contributed by atoms with Crippen LogP contribution in [0.15, 0.2) is 18.2 Å². The van der Waals surface area contributed by atoms with Crippen molar-refractivity contribution < 1.29 is 14.6 Å². The van der Waals surface area contributed by atoms with Gasteiger partial charge in [-0.25, -0.2) is 0 Å². The number of aliphatic hydroxyl groups excluding tert-OH is 1. The van der Waals surface area contributed by atoms with Crippen LogP contribution in [0.3, 0.4) is 0 Å². The van der Waals surface area contributed by atoms with E-state index in [1.165, 1.54) is 5.56 Å². The van der Waals surface area contributed by atoms with Crippen LogP contribution >= 0.6 is 0 Å². The van der Waals surface area contributed by atoms with Crippen molar-refractivity contribution in [2.24, 2.45) is 5.92 Å². The summed E-state index contributed by atoms with van der Waals surface area (Å²) in [7, 11) is 5.37. The summed E-state index contributed by atoms with van der Waals surface area (Å²) < 4.78 is 10.6. The number of benzene rings is 1. The van der Waals surface area contributed by atoms with Gasteiger partial charge in [0.25, 0.3) is 0 Å². The molecule has 0 amide bonds. The lowest BCUT2D eigenvalue weighted by Crippen LogP contribution is -2.15. The molecular formula is C14H21NO3. The Kier molecular flexibility index (Phi) is 4.09. The van der Waals surface area contributed by atoms with Gasteiger partial charge in [-0.2, -0.15) is 0 Å². The highest BCUT2D eigenvalue weighted by Gasteiger charge is 2.31. The Morgan fingerprint density at radius 3 is 2.56 bits per heavy atom. The van der Waals surface area contributed by atoms with E-state index in [0.717, 1.165) is 24.6 Å². The SMILES string of the molecule is COc1ccc([C@@H]2CN(C)C[C@H]2CO)cc1OC. The lowest BCUT2D eigenvalue weighted by molar-refractivity contribution is 0.219. The Morgan fingerprint density at radius 1 is 1.22 bits per heavy atom. The third-order valence-corrected chi connectivity index (χ3v) is 3.69. The van der Waals surface area contributed by atoms with Crippen LogP contribution in [0.4, 0.5) is 0 Å². The molecular weight excluding hydrogens is 230 g/mol. The average molecular weight is 251 g/mol. The molecule has 1 fully saturated rings. The molecule has 2 atom stereocenters. The second-order valence-corrected chi connectivity index (χ2v) is 4.88. The van der Waals surface area contributed by atoms with E-state index in [1.54, 1.807) is 14.2 Å². The summed E-state index contributed by atoms with van der Waals surface area (Å²) in [6.07, 6.45) is 0. The van der Waals surface area contributed by atoms with Crippen LogP contribution in [-0.2, 0) is 0 Å². The summed E-state index contributed by atoms with van der Waals surface area (Å²) in [6, 6.07) is 6.01. The number of likely N-dealkylation sites (N-methyl/N-ethyl adjacent to an activating group) is 1. The van der Waals surface area contributed by atoms with Crippen molar-refractivity contribution >= 4 is 0 Å². The number of ether oxygens (including phenoxy) is 2. The molecule has 4 heteroatoms. The van der Waals surface area contributed by atoms with Crippen molar-refractivity contribution in [2.75, 3.05) is 41.0 Å². The Morgan fingerprint density at radius 2 is 1.94 bits per heavy atom. The number of rotatable bonds is 4. The van der Waals surface area contributed by atoms with E-state index in [1.807, 2.05) is 12.1 Å². The number of hydrogen-bond donors (Lipinski definition) is 1. The van der Waals surface area contributed by atoms with Gasteiger partial charge in [0.15, 0.2) is 11.5 Å². The van der Waals surface area contributed by atoms with Crippen molar-refractivity contribution in [1.29, 1.82) is 0 Å². The molecule has 1 aromatic carbocycles. The van der Waals surface area contributed by atoms with Crippen LogP contribution in [-0.4, -0.2) is 51.0 Å². The Bertz CT molecular complexity index is 408. The fraction of sp³-hybridized carbons (Fsp3) is 0.571. The largest absolute Gasteiger partial charge is 0.493 e. The zero-order chi connectivity index (χ0) is 13.1. The molecule has 0 unspecified atom stereocenters. The molecule has 0 aliphatic carbocycles. The van der Waals surface area contributed by atoms with Gasteiger partial charge in [-0.3, -0.25) is 0 Å². The maximum Gasteiger partial charge on any atom is 0.160 e. The maximum absolute atomic E-state index is 9.46. The highest BCUT2D eigenvalue weighted by Crippen LogP contribution is 2.36. The molecule has 4 nitrogen and oxygen atoms in total. The Hall–Kier alpha value is -1.26. The Labute approximate surface area is 108 Å². The minimum absolute atomic E-state index is 0.226. The normalized spacial score (nSPS) is 24.2. The van der Waals surface area contributed by atoms with Crippen molar-refractivity contribution in [3.63, 3.8) is 0 Å². The van der Waals surface area contributed by atoms with Crippen molar-refractivity contribution in [3.05, 3.63) is 23.8 Å². The highest BCUT2D eigenvalue weighted by molar-refractivity contribution is 5.44. The van der Waals surface area contributed by atoms with Gasteiger partial charge in [0.05, 0.1) is 14.2 Å². The molecule has 2 rings (SSSR count). The van der Waals surface area contributed by atoms with E-state index in [2.05, 4.69) is 18.0 Å². The minimum atomic E-state index is 0.226. The first-order valence-electron chi connectivity index (χ1n) is 6.21. The summed E-state index contributed by atoms with van der Waals surface area (Å²) in [5.74, 6) is 2.15. The lowest BCUT2D eigenvalue weighted by atomic mass is 9.89. The molecule has 0 spiro atoms. The second-order valence-electron chi connectivity index (χ2n) is 4.88. The predicted octanol–water partition coefficient (Wildman–Crippen LogP) is 1.34. The quantitative estimate of drug-likeness (QED) is 0.877. The Balaban J connectivity index is 2.27. The predicted molar refractivity (Wildman–Crippen MR) is 70.4 cm³/mol. The number of hydrogen-bond acceptors (Lipinski definition) is 4. The van der Waals surface area contributed by atoms with Gasteiger partial charge in [0, 0.05) is 31.5 Å². The van der Waals surface area contributed by atoms with Gasteiger partial charge < -0.3 is 19.5 Å². The van der Waals surface area contributed by atoms with Crippen LogP contribution < -0.4 is 9.47 Å². The molecule has 100 valence electrons. The zero-order valence-corrected chi connectivity index (χ0v) is 11.2. The van der Waals surface area contributed by atoms with Gasteiger partial charge in [-0.15, -0.1) is 0 Å². The van der Waals surface area contributed by atoms with Gasteiger partial charge in [0.1, 0.15) is 0 Å². The van der Waals surface area contributed by atoms with Gasteiger partial charge in [-0.1, -0.05) is 6.07 Å². The molecule has 1 heterocycles. The highest BCUT2D eigenvalue weighted by atomic mass is 16.5. The molecule has 1 N–H and O–H groups in total. The third kappa shape index (κ3) is 2.44. The van der Waals surface area contributed by atoms with Crippen LogP contribution in [0.2, 0.25) is 0 Å². The molecule has 0 bridgehead atoms. The van der Waals surface area contributed by atoms with Crippen LogP contribution in [0.5, 0.6) is 11.5 Å². The number of aliphatic hydroxyl groups is 1. The minimum Gasteiger partial charge on any atom is -0.493 e. The topological polar surface area (TPSA) is 41.9 Å². The number of methoxy groups -OCH3 is 2. The van der Waals surface area contributed by atoms with Gasteiger partial charge >= 0.3 is 0 Å². The van der Waals surface area contributed by atoms with E-state index in [4.69, 9.17) is 9.47 Å². The van der Waals surface area contributed by atoms with Gasteiger partial charge in [-0.05, 0) is 24.7 Å². The fourth-order valence-electron chi connectivity index (χ4n) is 2.73. The number of likely N-dealkylation sites (tertiary alicyclic amines) is 1. The van der Waals surface area contributed by atoms with E-state index >= 15 is 0 Å². The fourth-order valence-corrected chi connectivity index (χ4v) is 2.73. The average Bonchev–Trinajstić information content (AvgIpc) is 2.79. The first-order valence-corrected chi connectivity index (χ1v) is 6.21. The van der Waals surface area contributed by atoms with E-state index < -0.39 is 0 Å². The lowest BCUT2D eigenvalue weighted by Gasteiger charge is -2.18.